The summed E-state index contributed by atoms with van der Waals surface area (Å²) in [5.41, 5.74) is 0. The Morgan fingerprint density at radius 1 is 2.00 bits per heavy atom. The molecule has 0 heterocycles. The number of hydrogen-bond acceptors (Lipinski definition) is 0. The molecule has 2 radical (unpaired) electrons. The van der Waals surface area contributed by atoms with Gasteiger partial charge in [-0.25, -0.2) is 0 Å². The third-order valence-corrected chi connectivity index (χ3v) is 2.37. The zero-order valence-electron chi connectivity index (χ0n) is 3.23. The van der Waals surface area contributed by atoms with Crippen molar-refractivity contribution in [2.75, 3.05) is 0 Å². The SMILES string of the molecule is [B]B(C)PP. The Bertz CT molecular complexity index is 21.6. The van der Waals surface area contributed by atoms with E-state index in [1.807, 2.05) is 6.82 Å². The fourth-order valence-corrected chi connectivity index (χ4v) is 0. The summed E-state index contributed by atoms with van der Waals surface area (Å²) >= 11 is 0. The third-order valence-electron chi connectivity index (χ3n) is 0.263. The average Bonchev–Trinajstić information content (AvgIpc) is 1.38. The predicted molar refractivity (Wildman–Crippen MR) is 35.4 cm³/mol. The molecule has 0 rings (SSSR count). The molecule has 0 aliphatic heterocycles. The molecule has 0 nitrogen and oxygen atoms in total. The Balaban J connectivity index is 2.54. The van der Waals surface area contributed by atoms with Crippen molar-refractivity contribution >= 4 is 31.1 Å². The third kappa shape index (κ3) is 4.99. The standard InChI is InChI=1S/CH6B2P2/c1-3(2)5-4/h5H,4H2,1H3. The van der Waals surface area contributed by atoms with E-state index < -0.39 is 0 Å². The first-order chi connectivity index (χ1) is 2.27. The maximum absolute atomic E-state index is 5.28. The van der Waals surface area contributed by atoms with Crippen LogP contribution in [0.2, 0.25) is 6.82 Å². The second kappa shape index (κ2) is 3.19. The molecule has 0 fully saturated rings. The van der Waals surface area contributed by atoms with E-state index in [-0.39, 0.29) is 0 Å². The van der Waals surface area contributed by atoms with Gasteiger partial charge in [0.2, 0.25) is 0 Å². The van der Waals surface area contributed by atoms with E-state index in [0.717, 1.165) is 8.15 Å². The summed E-state index contributed by atoms with van der Waals surface area (Å²) in [5.74, 6) is 0. The van der Waals surface area contributed by atoms with Gasteiger partial charge in [-0.1, -0.05) is 6.82 Å². The first-order valence-corrected chi connectivity index (χ1v) is 4.37. The van der Waals surface area contributed by atoms with E-state index in [9.17, 15) is 0 Å². The minimum Gasteiger partial charge on any atom is -0.146 e. The van der Waals surface area contributed by atoms with E-state index in [0.29, 0.717) is 6.32 Å². The number of rotatable bonds is 1. The highest BCUT2D eigenvalue weighted by Gasteiger charge is 1.85. The predicted octanol–water partition coefficient (Wildman–Crippen LogP) is 0.741. The second-order valence-corrected chi connectivity index (χ2v) is 3.20. The lowest BCUT2D eigenvalue weighted by Crippen LogP contribution is -1.91. The summed E-state index contributed by atoms with van der Waals surface area (Å²) in [4.78, 5) is 0. The van der Waals surface area contributed by atoms with Gasteiger partial charge >= 0.3 is 0 Å². The van der Waals surface area contributed by atoms with Gasteiger partial charge in [-0.15, -0.1) is 17.1 Å². The lowest BCUT2D eigenvalue weighted by molar-refractivity contribution is 2.35. The summed E-state index contributed by atoms with van der Waals surface area (Å²) in [7, 11) is 8.69. The summed E-state index contributed by atoms with van der Waals surface area (Å²) in [5, 5.41) is 0. The quantitative estimate of drug-likeness (QED) is 0.338. The van der Waals surface area contributed by atoms with Gasteiger partial charge in [-0.3, -0.25) is 0 Å². The van der Waals surface area contributed by atoms with E-state index in [1.54, 1.807) is 0 Å². The Morgan fingerprint density at radius 3 is 2.20 bits per heavy atom. The van der Waals surface area contributed by atoms with Crippen molar-refractivity contribution in [1.29, 1.82) is 0 Å². The van der Waals surface area contributed by atoms with Crippen LogP contribution >= 0.6 is 17.1 Å². The van der Waals surface area contributed by atoms with Crippen LogP contribution in [-0.4, -0.2) is 14.1 Å². The van der Waals surface area contributed by atoms with Crippen molar-refractivity contribution in [3.63, 3.8) is 0 Å². The Morgan fingerprint density at radius 2 is 2.20 bits per heavy atom. The van der Waals surface area contributed by atoms with Gasteiger partial charge < -0.3 is 0 Å². The minimum atomic E-state index is 0.375. The topological polar surface area (TPSA) is 0 Å². The largest absolute Gasteiger partial charge is 0.146 e. The molecule has 0 aliphatic carbocycles. The van der Waals surface area contributed by atoms with E-state index in [4.69, 9.17) is 7.74 Å². The molecule has 0 aromatic carbocycles. The van der Waals surface area contributed by atoms with Crippen LogP contribution in [0.25, 0.3) is 0 Å². The van der Waals surface area contributed by atoms with Gasteiger partial charge in [0, 0.05) is 7.74 Å². The van der Waals surface area contributed by atoms with Gasteiger partial charge in [0.05, 0.1) is 0 Å². The summed E-state index contributed by atoms with van der Waals surface area (Å²) in [6.07, 6.45) is 0.375. The molecule has 0 amide bonds. The fraction of sp³-hybridized carbons (Fsp3) is 1.00. The van der Waals surface area contributed by atoms with Gasteiger partial charge in [0.25, 0.3) is 0 Å². The lowest BCUT2D eigenvalue weighted by Gasteiger charge is -1.86. The molecule has 0 bridgehead atoms. The molecular formula is CH6B2P2. The van der Waals surface area contributed by atoms with Crippen LogP contribution in [0.1, 0.15) is 0 Å². The molecule has 0 spiro atoms. The molecular weight excluding hydrogens is 95.6 g/mol. The van der Waals surface area contributed by atoms with Gasteiger partial charge in [-0.2, -0.15) is 0 Å². The molecule has 0 saturated heterocycles. The maximum atomic E-state index is 5.28. The van der Waals surface area contributed by atoms with Crippen LogP contribution < -0.4 is 0 Å². The van der Waals surface area contributed by atoms with Crippen molar-refractivity contribution in [3.8, 4) is 0 Å². The first-order valence-electron chi connectivity index (χ1n) is 1.49. The fourth-order valence-electron chi connectivity index (χ4n) is 0. The normalized spacial score (nSPS) is 10.0. The number of hydrogen-bond donors (Lipinski definition) is 0. The molecule has 0 aromatic heterocycles. The highest BCUT2D eigenvalue weighted by Crippen LogP contribution is 2.20. The Kier molecular flexibility index (Phi) is 3.82. The first kappa shape index (κ1) is 5.99. The van der Waals surface area contributed by atoms with Crippen molar-refractivity contribution < 1.29 is 0 Å². The molecule has 0 N–H and O–H groups in total. The van der Waals surface area contributed by atoms with Gasteiger partial charge in [0.15, 0.2) is 0 Å². The summed E-state index contributed by atoms with van der Waals surface area (Å²) in [6.45, 7) is 1.99. The second-order valence-electron chi connectivity index (χ2n) is 0.955. The van der Waals surface area contributed by atoms with Crippen LogP contribution in [-0.2, 0) is 0 Å². The van der Waals surface area contributed by atoms with Crippen LogP contribution in [0.3, 0.4) is 0 Å². The van der Waals surface area contributed by atoms with Crippen molar-refractivity contribution in [3.05, 3.63) is 0 Å². The summed E-state index contributed by atoms with van der Waals surface area (Å²) in [6, 6.07) is 0. The molecule has 26 valence electrons. The minimum absolute atomic E-state index is 0.375. The van der Waals surface area contributed by atoms with Crippen molar-refractivity contribution in [2.24, 2.45) is 0 Å². The zero-order valence-corrected chi connectivity index (χ0v) is 5.39. The maximum Gasteiger partial charge on any atom is 0.119 e. The average molecular weight is 102 g/mol. The molecule has 2 unspecified atom stereocenters. The lowest BCUT2D eigenvalue weighted by atomic mass is 9.56. The van der Waals surface area contributed by atoms with Crippen LogP contribution in [0.5, 0.6) is 0 Å². The van der Waals surface area contributed by atoms with Gasteiger partial charge in [-0.05, 0) is 0 Å². The van der Waals surface area contributed by atoms with Crippen LogP contribution in [0.4, 0.5) is 0 Å². The monoisotopic (exact) mass is 102 g/mol. The van der Waals surface area contributed by atoms with E-state index in [2.05, 4.69) is 8.93 Å². The molecule has 0 aromatic rings. The van der Waals surface area contributed by atoms with Crippen LogP contribution in [0.15, 0.2) is 0 Å². The Labute approximate surface area is 38.8 Å². The molecule has 5 heavy (non-hydrogen) atoms. The van der Waals surface area contributed by atoms with E-state index >= 15 is 0 Å². The molecule has 4 heteroatoms. The zero-order chi connectivity index (χ0) is 4.28. The van der Waals surface area contributed by atoms with E-state index in [1.165, 1.54) is 0 Å². The summed E-state index contributed by atoms with van der Waals surface area (Å²) < 4.78 is 0. The molecule has 0 saturated carbocycles. The molecule has 0 aliphatic rings. The smallest absolute Gasteiger partial charge is 0.119 e. The van der Waals surface area contributed by atoms with Crippen LogP contribution in [0, 0.1) is 0 Å². The molecule has 2 atom stereocenters. The van der Waals surface area contributed by atoms with Crippen molar-refractivity contribution in [2.45, 2.75) is 6.82 Å². The van der Waals surface area contributed by atoms with Crippen molar-refractivity contribution in [1.82, 2.24) is 0 Å². The Hall–Kier alpha value is 0.990. The highest BCUT2D eigenvalue weighted by atomic mass is 32.0. The van der Waals surface area contributed by atoms with Gasteiger partial charge in [0.1, 0.15) is 6.32 Å². The highest BCUT2D eigenvalue weighted by molar-refractivity contribution is 8.22.